The first-order valence-corrected chi connectivity index (χ1v) is 11.1. The van der Waals surface area contributed by atoms with Gasteiger partial charge in [-0.25, -0.2) is 14.1 Å². The maximum Gasteiger partial charge on any atom is 0.335 e. The zero-order chi connectivity index (χ0) is 25.7. The fourth-order valence-electron chi connectivity index (χ4n) is 3.58. The molecular formula is C27H23FN2O6. The van der Waals surface area contributed by atoms with Gasteiger partial charge in [-0.1, -0.05) is 18.2 Å². The smallest absolute Gasteiger partial charge is 0.335 e. The Morgan fingerprint density at radius 3 is 2.42 bits per heavy atom. The van der Waals surface area contributed by atoms with Crippen LogP contribution < -0.4 is 24.4 Å². The molecule has 36 heavy (non-hydrogen) atoms. The highest BCUT2D eigenvalue weighted by molar-refractivity contribution is 6.39. The van der Waals surface area contributed by atoms with Crippen molar-refractivity contribution in [1.82, 2.24) is 5.32 Å². The Bertz CT molecular complexity index is 1340. The predicted molar refractivity (Wildman–Crippen MR) is 130 cm³/mol. The highest BCUT2D eigenvalue weighted by Crippen LogP contribution is 2.31. The van der Waals surface area contributed by atoms with Crippen LogP contribution in [0.25, 0.3) is 6.08 Å². The van der Waals surface area contributed by atoms with E-state index in [1.807, 2.05) is 0 Å². The Labute approximate surface area is 206 Å². The second-order valence-corrected chi connectivity index (χ2v) is 7.71. The number of urea groups is 1. The number of carbonyl (C=O) groups is 3. The molecule has 0 unspecified atom stereocenters. The summed E-state index contributed by atoms with van der Waals surface area (Å²) in [5.41, 5.74) is 1.20. The average Bonchev–Trinajstić information content (AvgIpc) is 2.86. The van der Waals surface area contributed by atoms with Crippen LogP contribution in [-0.4, -0.2) is 31.6 Å². The van der Waals surface area contributed by atoms with Gasteiger partial charge in [0, 0.05) is 0 Å². The zero-order valence-electron chi connectivity index (χ0n) is 19.6. The second-order valence-electron chi connectivity index (χ2n) is 7.71. The van der Waals surface area contributed by atoms with Crippen LogP contribution >= 0.6 is 0 Å². The van der Waals surface area contributed by atoms with E-state index in [0.29, 0.717) is 35.0 Å². The van der Waals surface area contributed by atoms with E-state index in [2.05, 4.69) is 5.32 Å². The molecule has 0 atom stereocenters. The van der Waals surface area contributed by atoms with E-state index in [1.165, 1.54) is 25.3 Å². The topological polar surface area (TPSA) is 94.2 Å². The van der Waals surface area contributed by atoms with E-state index in [9.17, 15) is 18.8 Å². The van der Waals surface area contributed by atoms with Crippen molar-refractivity contribution in [2.24, 2.45) is 0 Å². The van der Waals surface area contributed by atoms with Gasteiger partial charge in [-0.05, 0) is 72.7 Å². The number of imide groups is 2. The van der Waals surface area contributed by atoms with Gasteiger partial charge in [0.2, 0.25) is 0 Å². The van der Waals surface area contributed by atoms with Gasteiger partial charge in [-0.15, -0.1) is 0 Å². The fourth-order valence-corrected chi connectivity index (χ4v) is 3.58. The number of hydrogen-bond acceptors (Lipinski definition) is 6. The minimum Gasteiger partial charge on any atom is -0.497 e. The van der Waals surface area contributed by atoms with E-state index < -0.39 is 17.8 Å². The van der Waals surface area contributed by atoms with Crippen LogP contribution in [0.15, 0.2) is 72.3 Å². The maximum atomic E-state index is 13.4. The molecule has 8 nitrogen and oxygen atoms in total. The molecule has 4 rings (SSSR count). The second kappa shape index (κ2) is 10.7. The van der Waals surface area contributed by atoms with E-state index in [4.69, 9.17) is 14.2 Å². The highest BCUT2D eigenvalue weighted by atomic mass is 19.1. The molecule has 3 aromatic rings. The van der Waals surface area contributed by atoms with Crippen LogP contribution in [0.1, 0.15) is 18.1 Å². The molecule has 0 radical (unpaired) electrons. The van der Waals surface area contributed by atoms with Crippen molar-refractivity contribution >= 4 is 29.6 Å². The lowest BCUT2D eigenvalue weighted by Crippen LogP contribution is -2.54. The number of carbonyl (C=O) groups excluding carboxylic acids is 3. The number of halogens is 1. The molecule has 4 amide bonds. The van der Waals surface area contributed by atoms with Crippen molar-refractivity contribution in [1.29, 1.82) is 0 Å². The average molecular weight is 490 g/mol. The number of nitrogens with one attached hydrogen (secondary N) is 1. The number of methoxy groups -OCH3 is 1. The van der Waals surface area contributed by atoms with Gasteiger partial charge in [-0.3, -0.25) is 14.9 Å². The summed E-state index contributed by atoms with van der Waals surface area (Å²) in [6.45, 7) is 2.27. The van der Waals surface area contributed by atoms with Crippen LogP contribution in [0.5, 0.6) is 17.2 Å². The third-order valence-electron chi connectivity index (χ3n) is 5.29. The SMILES string of the molecule is CCOc1cc(C=C2C(=O)NC(=O)N(c3ccc(OC)cc3)C2=O)ccc1OCc1cccc(F)c1. The summed E-state index contributed by atoms with van der Waals surface area (Å²) in [6, 6.07) is 16.4. The summed E-state index contributed by atoms with van der Waals surface area (Å²) in [6.07, 6.45) is 1.37. The number of ether oxygens (including phenoxy) is 3. The molecule has 3 aromatic carbocycles. The minimum absolute atomic E-state index is 0.123. The fraction of sp³-hybridized carbons (Fsp3) is 0.148. The molecule has 9 heteroatoms. The number of barbiturate groups is 1. The summed E-state index contributed by atoms with van der Waals surface area (Å²) < 4.78 is 30.0. The Hall–Kier alpha value is -4.66. The molecule has 0 aromatic heterocycles. The molecule has 1 fully saturated rings. The molecule has 1 aliphatic rings. The van der Waals surface area contributed by atoms with Crippen LogP contribution in [0, 0.1) is 5.82 Å². The largest absolute Gasteiger partial charge is 0.497 e. The Morgan fingerprint density at radius 2 is 1.72 bits per heavy atom. The first-order valence-electron chi connectivity index (χ1n) is 11.1. The van der Waals surface area contributed by atoms with Crippen molar-refractivity contribution in [3.8, 4) is 17.2 Å². The molecule has 184 valence electrons. The van der Waals surface area contributed by atoms with Gasteiger partial charge < -0.3 is 14.2 Å². The molecule has 0 saturated carbocycles. The third-order valence-corrected chi connectivity index (χ3v) is 5.29. The van der Waals surface area contributed by atoms with Gasteiger partial charge >= 0.3 is 6.03 Å². The van der Waals surface area contributed by atoms with Crippen LogP contribution in [0.4, 0.5) is 14.9 Å². The van der Waals surface area contributed by atoms with E-state index >= 15 is 0 Å². The van der Waals surface area contributed by atoms with Crippen LogP contribution in [0.2, 0.25) is 0 Å². The number of amides is 4. The maximum absolute atomic E-state index is 13.4. The summed E-state index contributed by atoms with van der Waals surface area (Å²) in [7, 11) is 1.50. The Morgan fingerprint density at radius 1 is 0.944 bits per heavy atom. The first kappa shape index (κ1) is 24.5. The molecular weight excluding hydrogens is 467 g/mol. The monoisotopic (exact) mass is 490 g/mol. The van der Waals surface area contributed by atoms with Crippen molar-refractivity contribution in [2.45, 2.75) is 13.5 Å². The van der Waals surface area contributed by atoms with E-state index in [1.54, 1.807) is 61.5 Å². The number of rotatable bonds is 8. The number of nitrogens with zero attached hydrogens (tertiary/aromatic N) is 1. The summed E-state index contributed by atoms with van der Waals surface area (Å²) in [5, 5.41) is 2.19. The third kappa shape index (κ3) is 5.35. The van der Waals surface area contributed by atoms with Gasteiger partial charge in [-0.2, -0.15) is 0 Å². The van der Waals surface area contributed by atoms with Gasteiger partial charge in [0.25, 0.3) is 11.8 Å². The first-order chi connectivity index (χ1) is 17.4. The summed E-state index contributed by atoms with van der Waals surface area (Å²) >= 11 is 0. The van der Waals surface area contributed by atoms with Crippen LogP contribution in [0.3, 0.4) is 0 Å². The van der Waals surface area contributed by atoms with Crippen molar-refractivity contribution in [3.05, 3.63) is 89.2 Å². The highest BCUT2D eigenvalue weighted by Gasteiger charge is 2.36. The molecule has 1 N–H and O–H groups in total. The molecule has 1 heterocycles. The molecule has 0 bridgehead atoms. The molecule has 0 aliphatic carbocycles. The zero-order valence-corrected chi connectivity index (χ0v) is 19.6. The quantitative estimate of drug-likeness (QED) is 0.370. The van der Waals surface area contributed by atoms with Gasteiger partial charge in [0.05, 0.1) is 19.4 Å². The number of hydrogen-bond donors (Lipinski definition) is 1. The summed E-state index contributed by atoms with van der Waals surface area (Å²) in [4.78, 5) is 38.9. The Balaban J connectivity index is 1.60. The lowest BCUT2D eigenvalue weighted by Gasteiger charge is -2.26. The van der Waals surface area contributed by atoms with Crippen molar-refractivity contribution in [3.63, 3.8) is 0 Å². The molecule has 0 spiro atoms. The molecule has 1 saturated heterocycles. The minimum atomic E-state index is -0.844. The van der Waals surface area contributed by atoms with E-state index in [-0.39, 0.29) is 23.7 Å². The van der Waals surface area contributed by atoms with Crippen LogP contribution in [-0.2, 0) is 16.2 Å². The Kier molecular flexibility index (Phi) is 7.29. The van der Waals surface area contributed by atoms with Crippen molar-refractivity contribution < 1.29 is 33.0 Å². The van der Waals surface area contributed by atoms with Gasteiger partial charge in [0.1, 0.15) is 23.7 Å². The summed E-state index contributed by atoms with van der Waals surface area (Å²) in [5.74, 6) is -0.579. The van der Waals surface area contributed by atoms with Crippen molar-refractivity contribution in [2.75, 3.05) is 18.6 Å². The molecule has 1 aliphatic heterocycles. The predicted octanol–water partition coefficient (Wildman–Crippen LogP) is 4.48. The standard InChI is InChI=1S/C27H23FN2O6/c1-3-35-24-15-17(7-12-23(24)36-16-18-5-4-6-19(28)13-18)14-22-25(31)29-27(33)30(26(22)32)20-8-10-21(34-2)11-9-20/h4-15H,3,16H2,1-2H3,(H,29,31,33). The van der Waals surface area contributed by atoms with E-state index in [0.717, 1.165) is 4.90 Å². The van der Waals surface area contributed by atoms with Gasteiger partial charge in [0.15, 0.2) is 11.5 Å². The number of anilines is 1. The lowest BCUT2D eigenvalue weighted by molar-refractivity contribution is -0.122. The number of benzene rings is 3. The normalized spacial score (nSPS) is 14.6. The lowest BCUT2D eigenvalue weighted by atomic mass is 10.1.